The third kappa shape index (κ3) is 4.40. The Hall–Kier alpha value is -1.42. The Labute approximate surface area is 95.7 Å². The van der Waals surface area contributed by atoms with Crippen molar-refractivity contribution in [2.75, 3.05) is 13.1 Å². The van der Waals surface area contributed by atoms with Crippen molar-refractivity contribution in [3.8, 4) is 0 Å². The number of carbonyl (C=O) groups is 1. The maximum absolute atomic E-state index is 10.7. The van der Waals surface area contributed by atoms with Crippen molar-refractivity contribution in [2.45, 2.75) is 19.8 Å². The number of hydrogen-bond donors (Lipinski definition) is 2. The van der Waals surface area contributed by atoms with Crippen LogP contribution in [0.25, 0.3) is 0 Å². The molecule has 0 saturated carbocycles. The lowest BCUT2D eigenvalue weighted by atomic mass is 10.1. The van der Waals surface area contributed by atoms with Crippen LogP contribution in [0, 0.1) is 5.92 Å². The fourth-order valence-corrected chi connectivity index (χ4v) is 1.46. The number of nitrogens with one attached hydrogen (secondary N) is 1. The van der Waals surface area contributed by atoms with Gasteiger partial charge in [-0.15, -0.1) is 0 Å². The van der Waals surface area contributed by atoms with Gasteiger partial charge in [0.2, 0.25) is 0 Å². The Morgan fingerprint density at radius 1 is 1.62 bits per heavy atom. The number of pyridine rings is 1. The van der Waals surface area contributed by atoms with Crippen molar-refractivity contribution in [1.82, 2.24) is 10.3 Å². The van der Waals surface area contributed by atoms with Crippen LogP contribution in [-0.2, 0) is 11.2 Å². The van der Waals surface area contributed by atoms with Crippen LogP contribution < -0.4 is 5.32 Å². The molecular weight excluding hydrogens is 204 g/mol. The Morgan fingerprint density at radius 3 is 3.00 bits per heavy atom. The summed E-state index contributed by atoms with van der Waals surface area (Å²) in [6.45, 7) is 3.21. The smallest absolute Gasteiger partial charge is 0.307 e. The highest BCUT2D eigenvalue weighted by atomic mass is 16.4. The van der Waals surface area contributed by atoms with Crippen LogP contribution in [0.3, 0.4) is 0 Å². The zero-order valence-electron chi connectivity index (χ0n) is 9.52. The largest absolute Gasteiger partial charge is 0.481 e. The van der Waals surface area contributed by atoms with Gasteiger partial charge in [0, 0.05) is 18.9 Å². The predicted molar refractivity (Wildman–Crippen MR) is 62.2 cm³/mol. The molecule has 1 atom stereocenters. The number of aromatic nitrogens is 1. The van der Waals surface area contributed by atoms with Gasteiger partial charge in [-0.2, -0.15) is 0 Å². The highest BCUT2D eigenvalue weighted by molar-refractivity contribution is 5.70. The normalized spacial score (nSPS) is 12.3. The minimum atomic E-state index is -0.726. The van der Waals surface area contributed by atoms with Crippen molar-refractivity contribution in [3.05, 3.63) is 30.1 Å². The van der Waals surface area contributed by atoms with Gasteiger partial charge >= 0.3 is 5.97 Å². The standard InChI is InChI=1S/C12H18N2O2/c1-2-11(12(15)16)9-14-7-5-10-4-3-6-13-8-10/h3-4,6,8,11,14H,2,5,7,9H2,1H3,(H,15,16). The van der Waals surface area contributed by atoms with E-state index in [0.29, 0.717) is 13.0 Å². The van der Waals surface area contributed by atoms with E-state index >= 15 is 0 Å². The second kappa shape index (κ2) is 6.95. The monoisotopic (exact) mass is 222 g/mol. The molecule has 1 unspecified atom stereocenters. The van der Waals surface area contributed by atoms with Crippen LogP contribution in [0.2, 0.25) is 0 Å². The zero-order chi connectivity index (χ0) is 11.8. The van der Waals surface area contributed by atoms with E-state index in [1.54, 1.807) is 6.20 Å². The van der Waals surface area contributed by atoms with E-state index in [2.05, 4.69) is 10.3 Å². The number of hydrogen-bond acceptors (Lipinski definition) is 3. The molecule has 1 aromatic heterocycles. The first-order chi connectivity index (χ1) is 7.74. The molecule has 0 aromatic carbocycles. The summed E-state index contributed by atoms with van der Waals surface area (Å²) in [5.74, 6) is -1.01. The van der Waals surface area contributed by atoms with Gasteiger partial charge in [0.05, 0.1) is 5.92 Å². The van der Waals surface area contributed by atoms with Gasteiger partial charge in [0.1, 0.15) is 0 Å². The summed E-state index contributed by atoms with van der Waals surface area (Å²) in [7, 11) is 0. The van der Waals surface area contributed by atoms with E-state index in [1.165, 1.54) is 5.56 Å². The molecule has 1 rings (SSSR count). The van der Waals surface area contributed by atoms with Crippen molar-refractivity contribution in [1.29, 1.82) is 0 Å². The molecule has 0 radical (unpaired) electrons. The van der Waals surface area contributed by atoms with E-state index in [-0.39, 0.29) is 5.92 Å². The van der Waals surface area contributed by atoms with Crippen LogP contribution in [0.1, 0.15) is 18.9 Å². The summed E-state index contributed by atoms with van der Waals surface area (Å²) in [6.07, 6.45) is 5.11. The average Bonchev–Trinajstić information content (AvgIpc) is 2.30. The Bertz CT molecular complexity index is 314. The number of carboxylic acid groups (broad SMARTS) is 1. The van der Waals surface area contributed by atoms with Crippen molar-refractivity contribution in [3.63, 3.8) is 0 Å². The first-order valence-electron chi connectivity index (χ1n) is 5.56. The molecule has 0 saturated heterocycles. The van der Waals surface area contributed by atoms with Crippen LogP contribution in [0.15, 0.2) is 24.5 Å². The van der Waals surface area contributed by atoms with Gasteiger partial charge in [0.25, 0.3) is 0 Å². The molecule has 16 heavy (non-hydrogen) atoms. The SMILES string of the molecule is CCC(CNCCc1cccnc1)C(=O)O. The molecule has 1 heterocycles. The summed E-state index contributed by atoms with van der Waals surface area (Å²) in [6, 6.07) is 3.92. The first-order valence-corrected chi connectivity index (χ1v) is 5.56. The molecule has 0 aliphatic carbocycles. The molecule has 4 nitrogen and oxygen atoms in total. The second-order valence-electron chi connectivity index (χ2n) is 3.76. The predicted octanol–water partition coefficient (Wildman–Crippen LogP) is 1.32. The minimum absolute atomic E-state index is 0.283. The van der Waals surface area contributed by atoms with Crippen molar-refractivity contribution < 1.29 is 9.90 Å². The summed E-state index contributed by atoms with van der Waals surface area (Å²) >= 11 is 0. The van der Waals surface area contributed by atoms with Crippen LogP contribution >= 0.6 is 0 Å². The van der Waals surface area contributed by atoms with E-state index < -0.39 is 5.97 Å². The third-order valence-electron chi connectivity index (χ3n) is 2.55. The lowest BCUT2D eigenvalue weighted by Gasteiger charge is -2.10. The number of rotatable bonds is 7. The van der Waals surface area contributed by atoms with Gasteiger partial charge < -0.3 is 10.4 Å². The maximum Gasteiger partial charge on any atom is 0.307 e. The number of aliphatic carboxylic acids is 1. The molecule has 1 aromatic rings. The Morgan fingerprint density at radius 2 is 2.44 bits per heavy atom. The Balaban J connectivity index is 2.19. The molecular formula is C12H18N2O2. The highest BCUT2D eigenvalue weighted by Gasteiger charge is 2.13. The van der Waals surface area contributed by atoms with Crippen LogP contribution in [-0.4, -0.2) is 29.1 Å². The molecule has 2 N–H and O–H groups in total. The average molecular weight is 222 g/mol. The summed E-state index contributed by atoms with van der Waals surface area (Å²) < 4.78 is 0. The number of nitrogens with zero attached hydrogens (tertiary/aromatic N) is 1. The van der Waals surface area contributed by atoms with Gasteiger partial charge in [-0.3, -0.25) is 9.78 Å². The zero-order valence-corrected chi connectivity index (χ0v) is 9.52. The molecule has 0 aliphatic heterocycles. The van der Waals surface area contributed by atoms with Gasteiger partial charge in [-0.1, -0.05) is 13.0 Å². The van der Waals surface area contributed by atoms with E-state index in [0.717, 1.165) is 13.0 Å². The molecule has 0 fully saturated rings. The molecule has 88 valence electrons. The van der Waals surface area contributed by atoms with Gasteiger partial charge in [-0.25, -0.2) is 0 Å². The summed E-state index contributed by atoms with van der Waals surface area (Å²) in [5.41, 5.74) is 1.17. The van der Waals surface area contributed by atoms with Crippen molar-refractivity contribution >= 4 is 5.97 Å². The molecule has 0 amide bonds. The summed E-state index contributed by atoms with van der Waals surface area (Å²) in [5, 5.41) is 12.0. The van der Waals surface area contributed by atoms with E-state index in [1.807, 2.05) is 25.3 Å². The molecule has 4 heteroatoms. The topological polar surface area (TPSA) is 62.2 Å². The summed E-state index contributed by atoms with van der Waals surface area (Å²) in [4.78, 5) is 14.8. The molecule has 0 aliphatic rings. The van der Waals surface area contributed by atoms with Crippen molar-refractivity contribution in [2.24, 2.45) is 5.92 Å². The lowest BCUT2D eigenvalue weighted by Crippen LogP contribution is -2.29. The van der Waals surface area contributed by atoms with Gasteiger partial charge in [0.15, 0.2) is 0 Å². The fourth-order valence-electron chi connectivity index (χ4n) is 1.46. The van der Waals surface area contributed by atoms with Crippen LogP contribution in [0.5, 0.6) is 0 Å². The minimum Gasteiger partial charge on any atom is -0.481 e. The first kappa shape index (κ1) is 12.6. The van der Waals surface area contributed by atoms with E-state index in [4.69, 9.17) is 5.11 Å². The highest BCUT2D eigenvalue weighted by Crippen LogP contribution is 2.01. The quantitative estimate of drug-likeness (QED) is 0.683. The maximum atomic E-state index is 10.7. The van der Waals surface area contributed by atoms with Gasteiger partial charge in [-0.05, 0) is 31.0 Å². The fraction of sp³-hybridized carbons (Fsp3) is 0.500. The Kier molecular flexibility index (Phi) is 5.50. The van der Waals surface area contributed by atoms with Crippen LogP contribution in [0.4, 0.5) is 0 Å². The van der Waals surface area contributed by atoms with E-state index in [9.17, 15) is 4.79 Å². The molecule has 0 bridgehead atoms. The number of carboxylic acids is 1. The second-order valence-corrected chi connectivity index (χ2v) is 3.76. The third-order valence-corrected chi connectivity index (χ3v) is 2.55. The lowest BCUT2D eigenvalue weighted by molar-refractivity contribution is -0.141. The molecule has 0 spiro atoms.